The van der Waals surface area contributed by atoms with Crippen LogP contribution in [0.5, 0.6) is 5.75 Å². The van der Waals surface area contributed by atoms with Crippen molar-refractivity contribution >= 4 is 16.5 Å². The first kappa shape index (κ1) is 12.0. The number of rotatable bonds is 5. The van der Waals surface area contributed by atoms with E-state index in [9.17, 15) is 4.21 Å². The highest BCUT2D eigenvalue weighted by Crippen LogP contribution is 2.19. The summed E-state index contributed by atoms with van der Waals surface area (Å²) in [6, 6.07) is 5.48. The Kier molecular flexibility index (Phi) is 4.62. The third-order valence-corrected chi connectivity index (χ3v) is 3.50. The number of anilines is 1. The molecule has 0 aliphatic heterocycles. The molecule has 0 fully saturated rings. The monoisotopic (exact) mass is 227 g/mol. The lowest BCUT2D eigenvalue weighted by Gasteiger charge is -2.06. The van der Waals surface area contributed by atoms with E-state index in [1.54, 1.807) is 13.2 Å². The predicted molar refractivity (Wildman–Crippen MR) is 64.4 cm³/mol. The van der Waals surface area contributed by atoms with E-state index < -0.39 is 10.8 Å². The Hall–Kier alpha value is -1.03. The van der Waals surface area contributed by atoms with E-state index in [-0.39, 0.29) is 0 Å². The number of nitrogens with two attached hydrogens (primary N) is 1. The van der Waals surface area contributed by atoms with Gasteiger partial charge in [0.15, 0.2) is 0 Å². The van der Waals surface area contributed by atoms with Crippen LogP contribution in [0.4, 0.5) is 5.69 Å². The molecule has 1 unspecified atom stereocenters. The van der Waals surface area contributed by atoms with Gasteiger partial charge in [-0.05, 0) is 24.1 Å². The summed E-state index contributed by atoms with van der Waals surface area (Å²) < 4.78 is 16.7. The maximum atomic E-state index is 11.6. The first-order valence-electron chi connectivity index (χ1n) is 4.94. The minimum atomic E-state index is -0.801. The maximum Gasteiger partial charge on any atom is 0.121 e. The number of methoxy groups -OCH3 is 1. The number of hydrogen-bond acceptors (Lipinski definition) is 3. The molecule has 0 aromatic heterocycles. The largest absolute Gasteiger partial charge is 0.497 e. The van der Waals surface area contributed by atoms with Crippen LogP contribution in [0.1, 0.15) is 18.9 Å². The molecular formula is C11H17NO2S. The molecule has 0 radical (unpaired) electrons. The Balaban J connectivity index is 2.76. The first-order chi connectivity index (χ1) is 7.15. The molecule has 0 aliphatic rings. The zero-order valence-electron chi connectivity index (χ0n) is 9.16. The molecule has 84 valence electrons. The highest BCUT2D eigenvalue weighted by Gasteiger charge is 2.03. The fourth-order valence-electron chi connectivity index (χ4n) is 1.37. The predicted octanol–water partition coefficient (Wildman–Crippen LogP) is 1.94. The van der Waals surface area contributed by atoms with Crippen LogP contribution in [0.15, 0.2) is 18.2 Å². The quantitative estimate of drug-likeness (QED) is 0.782. The summed E-state index contributed by atoms with van der Waals surface area (Å²) in [4.78, 5) is 0. The molecule has 15 heavy (non-hydrogen) atoms. The molecule has 0 spiro atoms. The van der Waals surface area contributed by atoms with Crippen molar-refractivity contribution in [2.75, 3.05) is 18.6 Å². The minimum Gasteiger partial charge on any atom is -0.497 e. The summed E-state index contributed by atoms with van der Waals surface area (Å²) in [6.07, 6.45) is 0.937. The van der Waals surface area contributed by atoms with Gasteiger partial charge in [0.2, 0.25) is 0 Å². The van der Waals surface area contributed by atoms with Crippen LogP contribution in [-0.2, 0) is 16.6 Å². The van der Waals surface area contributed by atoms with Crippen LogP contribution in [0, 0.1) is 0 Å². The van der Waals surface area contributed by atoms with Crippen molar-refractivity contribution in [2.45, 2.75) is 19.1 Å². The van der Waals surface area contributed by atoms with Crippen molar-refractivity contribution in [3.05, 3.63) is 23.8 Å². The van der Waals surface area contributed by atoms with Gasteiger partial charge in [0.1, 0.15) is 5.75 Å². The van der Waals surface area contributed by atoms with Crippen molar-refractivity contribution in [2.24, 2.45) is 0 Å². The summed E-state index contributed by atoms with van der Waals surface area (Å²) in [5, 5.41) is 0. The van der Waals surface area contributed by atoms with Crippen LogP contribution in [0.2, 0.25) is 0 Å². The van der Waals surface area contributed by atoms with Gasteiger partial charge < -0.3 is 10.5 Å². The summed E-state index contributed by atoms with van der Waals surface area (Å²) in [7, 11) is 0.798. The highest BCUT2D eigenvalue weighted by atomic mass is 32.2. The van der Waals surface area contributed by atoms with E-state index in [1.165, 1.54) is 0 Å². The highest BCUT2D eigenvalue weighted by molar-refractivity contribution is 7.84. The van der Waals surface area contributed by atoms with Gasteiger partial charge in [-0.3, -0.25) is 4.21 Å². The number of ether oxygens (including phenoxy) is 1. The fourth-order valence-corrected chi connectivity index (χ4v) is 2.51. The summed E-state index contributed by atoms with van der Waals surface area (Å²) in [5.41, 5.74) is 7.33. The average molecular weight is 227 g/mol. The van der Waals surface area contributed by atoms with Gasteiger partial charge in [0, 0.05) is 34.1 Å². The summed E-state index contributed by atoms with van der Waals surface area (Å²) in [5.74, 6) is 2.00. The Bertz CT molecular complexity index is 352. The van der Waals surface area contributed by atoms with Crippen molar-refractivity contribution in [3.63, 3.8) is 0 Å². The smallest absolute Gasteiger partial charge is 0.121 e. The second-order valence-corrected chi connectivity index (χ2v) is 4.98. The van der Waals surface area contributed by atoms with E-state index in [0.717, 1.165) is 23.5 Å². The molecule has 1 atom stereocenters. The Morgan fingerprint density at radius 3 is 2.73 bits per heavy atom. The number of benzene rings is 1. The molecule has 3 nitrogen and oxygen atoms in total. The lowest BCUT2D eigenvalue weighted by Crippen LogP contribution is -2.01. The molecule has 4 heteroatoms. The molecule has 1 rings (SSSR count). The summed E-state index contributed by atoms with van der Waals surface area (Å²) in [6.45, 7) is 2.03. The van der Waals surface area contributed by atoms with Crippen molar-refractivity contribution in [1.82, 2.24) is 0 Å². The van der Waals surface area contributed by atoms with Gasteiger partial charge in [0.05, 0.1) is 7.11 Å². The molecule has 1 aromatic carbocycles. The van der Waals surface area contributed by atoms with Crippen LogP contribution in [0.25, 0.3) is 0 Å². The molecule has 0 saturated carbocycles. The topological polar surface area (TPSA) is 52.3 Å². The molecule has 0 saturated heterocycles. The van der Waals surface area contributed by atoms with E-state index in [1.807, 2.05) is 19.1 Å². The van der Waals surface area contributed by atoms with Crippen molar-refractivity contribution < 1.29 is 8.95 Å². The lowest BCUT2D eigenvalue weighted by atomic mass is 10.2. The van der Waals surface area contributed by atoms with Crippen molar-refractivity contribution in [3.8, 4) is 5.75 Å². The first-order valence-corrected chi connectivity index (χ1v) is 6.43. The molecule has 0 aliphatic carbocycles. The van der Waals surface area contributed by atoms with Gasteiger partial charge in [0.25, 0.3) is 0 Å². The van der Waals surface area contributed by atoms with Crippen LogP contribution in [0.3, 0.4) is 0 Å². The second kappa shape index (κ2) is 5.75. The average Bonchev–Trinajstić information content (AvgIpc) is 2.17. The zero-order valence-corrected chi connectivity index (χ0v) is 9.97. The molecule has 0 heterocycles. The van der Waals surface area contributed by atoms with E-state index >= 15 is 0 Å². The Morgan fingerprint density at radius 1 is 1.40 bits per heavy atom. The molecule has 0 amide bonds. The third-order valence-electron chi connectivity index (χ3n) is 1.98. The van der Waals surface area contributed by atoms with E-state index in [4.69, 9.17) is 10.5 Å². The molecule has 2 N–H and O–H groups in total. The van der Waals surface area contributed by atoms with Gasteiger partial charge in [-0.15, -0.1) is 0 Å². The minimum absolute atomic E-state index is 0.551. The van der Waals surface area contributed by atoms with E-state index in [0.29, 0.717) is 11.4 Å². The van der Waals surface area contributed by atoms with Gasteiger partial charge in [-0.1, -0.05) is 6.92 Å². The second-order valence-electron chi connectivity index (χ2n) is 3.40. The SMILES string of the molecule is CCCS(=O)Cc1cc(N)cc(OC)c1. The molecule has 1 aromatic rings. The van der Waals surface area contributed by atoms with Gasteiger partial charge in [-0.2, -0.15) is 0 Å². The number of nitrogen functional groups attached to an aromatic ring is 1. The maximum absolute atomic E-state index is 11.6. The Labute approximate surface area is 93.1 Å². The van der Waals surface area contributed by atoms with Crippen LogP contribution in [-0.4, -0.2) is 17.1 Å². The Morgan fingerprint density at radius 2 is 2.13 bits per heavy atom. The lowest BCUT2D eigenvalue weighted by molar-refractivity contribution is 0.414. The van der Waals surface area contributed by atoms with Crippen molar-refractivity contribution in [1.29, 1.82) is 0 Å². The molecular weight excluding hydrogens is 210 g/mol. The summed E-state index contributed by atoms with van der Waals surface area (Å²) >= 11 is 0. The third kappa shape index (κ3) is 3.91. The standard InChI is InChI=1S/C11H17NO2S/c1-3-4-15(13)8-9-5-10(12)7-11(6-9)14-2/h5-7H,3-4,8,12H2,1-2H3. The fraction of sp³-hybridized carbons (Fsp3) is 0.455. The van der Waals surface area contributed by atoms with Crippen LogP contribution < -0.4 is 10.5 Å². The zero-order chi connectivity index (χ0) is 11.3. The number of hydrogen-bond donors (Lipinski definition) is 1. The van der Waals surface area contributed by atoms with Crippen LogP contribution >= 0.6 is 0 Å². The normalized spacial score (nSPS) is 12.4. The van der Waals surface area contributed by atoms with E-state index in [2.05, 4.69) is 0 Å². The van der Waals surface area contributed by atoms with Gasteiger partial charge in [-0.25, -0.2) is 0 Å². The van der Waals surface area contributed by atoms with Gasteiger partial charge >= 0.3 is 0 Å². The molecule has 0 bridgehead atoms.